The van der Waals surface area contributed by atoms with Gasteiger partial charge >= 0.3 is 0 Å². The molecule has 3 N–H and O–H groups in total. The van der Waals surface area contributed by atoms with Crippen molar-refractivity contribution in [1.29, 1.82) is 0 Å². The SMILES string of the molecule is Cc1cc(C(=O)Nc2ccc3c(c2)NC(=O)CO3)c2c(=O)[nH]n(C)c2n1. The largest absolute Gasteiger partial charge is 0.482 e. The van der Waals surface area contributed by atoms with Gasteiger partial charge in [-0.1, -0.05) is 0 Å². The summed E-state index contributed by atoms with van der Waals surface area (Å²) in [6, 6.07) is 6.49. The Kier molecular flexibility index (Phi) is 3.50. The summed E-state index contributed by atoms with van der Waals surface area (Å²) in [6.45, 7) is 1.71. The van der Waals surface area contributed by atoms with Crippen LogP contribution in [-0.2, 0) is 11.8 Å². The standard InChI is InChI=1S/C17H15N5O4/c1-8-5-10(14-15(18-8)22(2)21-17(14)25)16(24)19-9-3-4-12-11(6-9)20-13(23)7-26-12/h3-6H,7H2,1-2H3,(H,19,24)(H,20,23)(H,21,25). The van der Waals surface area contributed by atoms with Gasteiger partial charge in [-0.3, -0.25) is 24.2 Å². The number of nitrogens with zero attached hydrogens (tertiary/aromatic N) is 2. The Morgan fingerprint density at radius 1 is 1.31 bits per heavy atom. The summed E-state index contributed by atoms with van der Waals surface area (Å²) in [4.78, 5) is 40.6. The first-order chi connectivity index (χ1) is 12.4. The fraction of sp³-hybridized carbons (Fsp3) is 0.176. The molecule has 26 heavy (non-hydrogen) atoms. The number of fused-ring (bicyclic) bond motifs is 2. The molecule has 132 valence electrons. The third-order valence-corrected chi connectivity index (χ3v) is 4.06. The molecule has 0 spiro atoms. The van der Waals surface area contributed by atoms with E-state index < -0.39 is 5.91 Å². The van der Waals surface area contributed by atoms with E-state index in [0.29, 0.717) is 28.5 Å². The number of ether oxygens (including phenoxy) is 1. The summed E-state index contributed by atoms with van der Waals surface area (Å²) in [7, 11) is 1.66. The number of benzene rings is 1. The van der Waals surface area contributed by atoms with Crippen molar-refractivity contribution < 1.29 is 14.3 Å². The molecule has 0 fully saturated rings. The molecule has 0 saturated heterocycles. The molecule has 3 aromatic rings. The van der Waals surface area contributed by atoms with Crippen LogP contribution in [0.3, 0.4) is 0 Å². The third-order valence-electron chi connectivity index (χ3n) is 4.06. The number of aromatic nitrogens is 3. The van der Waals surface area contributed by atoms with Crippen molar-refractivity contribution in [3.63, 3.8) is 0 Å². The molecule has 0 atom stereocenters. The third kappa shape index (κ3) is 2.59. The highest BCUT2D eigenvalue weighted by molar-refractivity contribution is 6.12. The first-order valence-electron chi connectivity index (χ1n) is 7.87. The average molecular weight is 353 g/mol. The molecule has 9 nitrogen and oxygen atoms in total. The zero-order chi connectivity index (χ0) is 18.4. The highest BCUT2D eigenvalue weighted by Crippen LogP contribution is 2.30. The first-order valence-corrected chi connectivity index (χ1v) is 7.87. The average Bonchev–Trinajstić information content (AvgIpc) is 2.87. The van der Waals surface area contributed by atoms with Crippen LogP contribution in [0.5, 0.6) is 5.75 Å². The van der Waals surface area contributed by atoms with Crippen molar-refractivity contribution in [2.75, 3.05) is 17.2 Å². The van der Waals surface area contributed by atoms with Crippen molar-refractivity contribution in [1.82, 2.24) is 14.8 Å². The van der Waals surface area contributed by atoms with Crippen LogP contribution < -0.4 is 20.9 Å². The number of anilines is 2. The van der Waals surface area contributed by atoms with E-state index in [0.717, 1.165) is 0 Å². The zero-order valence-corrected chi connectivity index (χ0v) is 14.0. The van der Waals surface area contributed by atoms with Gasteiger partial charge in [0.25, 0.3) is 17.4 Å². The van der Waals surface area contributed by atoms with E-state index in [1.807, 2.05) is 0 Å². The first kappa shape index (κ1) is 15.9. The predicted octanol–water partition coefficient (Wildman–Crippen LogP) is 1.15. The smallest absolute Gasteiger partial charge is 0.274 e. The van der Waals surface area contributed by atoms with Gasteiger partial charge in [-0.25, -0.2) is 4.98 Å². The molecule has 1 aliphatic heterocycles. The van der Waals surface area contributed by atoms with E-state index in [1.165, 1.54) is 4.68 Å². The minimum absolute atomic E-state index is 0.0379. The van der Waals surface area contributed by atoms with E-state index in [-0.39, 0.29) is 29.0 Å². The number of hydrogen-bond acceptors (Lipinski definition) is 5. The number of rotatable bonds is 2. The Labute approximate surface area is 147 Å². The fourth-order valence-corrected chi connectivity index (χ4v) is 2.92. The Morgan fingerprint density at radius 2 is 2.12 bits per heavy atom. The number of carbonyl (C=O) groups excluding carboxylic acids is 2. The Morgan fingerprint density at radius 3 is 2.92 bits per heavy atom. The minimum Gasteiger partial charge on any atom is -0.482 e. The van der Waals surface area contributed by atoms with Crippen LogP contribution in [0, 0.1) is 6.92 Å². The fourth-order valence-electron chi connectivity index (χ4n) is 2.92. The van der Waals surface area contributed by atoms with E-state index >= 15 is 0 Å². The number of carbonyl (C=O) groups is 2. The monoisotopic (exact) mass is 353 g/mol. The summed E-state index contributed by atoms with van der Waals surface area (Å²) < 4.78 is 6.77. The highest BCUT2D eigenvalue weighted by Gasteiger charge is 2.20. The van der Waals surface area contributed by atoms with E-state index in [4.69, 9.17) is 4.74 Å². The molecular formula is C17H15N5O4. The molecule has 0 saturated carbocycles. The van der Waals surface area contributed by atoms with Gasteiger partial charge in [0.05, 0.1) is 16.6 Å². The van der Waals surface area contributed by atoms with Gasteiger partial charge in [-0.15, -0.1) is 0 Å². The summed E-state index contributed by atoms with van der Waals surface area (Å²) in [5, 5.41) is 8.25. The van der Waals surface area contributed by atoms with Gasteiger partial charge in [0.15, 0.2) is 12.3 Å². The van der Waals surface area contributed by atoms with E-state index in [1.54, 1.807) is 38.2 Å². The van der Waals surface area contributed by atoms with Crippen LogP contribution in [-0.4, -0.2) is 33.2 Å². The van der Waals surface area contributed by atoms with Crippen LogP contribution >= 0.6 is 0 Å². The molecular weight excluding hydrogens is 338 g/mol. The van der Waals surface area contributed by atoms with Crippen molar-refractivity contribution >= 4 is 34.2 Å². The molecule has 0 radical (unpaired) electrons. The second-order valence-corrected chi connectivity index (χ2v) is 6.01. The summed E-state index contributed by atoms with van der Waals surface area (Å²) in [5.41, 5.74) is 1.82. The molecule has 9 heteroatoms. The lowest BCUT2D eigenvalue weighted by Gasteiger charge is -2.18. The highest BCUT2D eigenvalue weighted by atomic mass is 16.5. The predicted molar refractivity (Wildman–Crippen MR) is 94.6 cm³/mol. The number of pyridine rings is 1. The van der Waals surface area contributed by atoms with Crippen molar-refractivity contribution in [3.05, 3.63) is 45.9 Å². The molecule has 3 heterocycles. The quantitative estimate of drug-likeness (QED) is 0.639. The minimum atomic E-state index is -0.444. The van der Waals surface area contributed by atoms with Crippen LogP contribution in [0.1, 0.15) is 16.1 Å². The van der Waals surface area contributed by atoms with Gasteiger partial charge in [0.2, 0.25) is 0 Å². The number of hydrogen-bond donors (Lipinski definition) is 3. The van der Waals surface area contributed by atoms with Crippen LogP contribution in [0.2, 0.25) is 0 Å². The van der Waals surface area contributed by atoms with Gasteiger partial charge < -0.3 is 15.4 Å². The van der Waals surface area contributed by atoms with Crippen LogP contribution in [0.4, 0.5) is 11.4 Å². The van der Waals surface area contributed by atoms with Crippen molar-refractivity contribution in [2.45, 2.75) is 6.92 Å². The molecule has 0 unspecified atom stereocenters. The summed E-state index contributed by atoms with van der Waals surface area (Å²) >= 11 is 0. The van der Waals surface area contributed by atoms with Gasteiger partial charge in [0.1, 0.15) is 5.75 Å². The van der Waals surface area contributed by atoms with E-state index in [9.17, 15) is 14.4 Å². The van der Waals surface area contributed by atoms with Gasteiger partial charge in [0, 0.05) is 18.4 Å². The summed E-state index contributed by atoms with van der Waals surface area (Å²) in [6.07, 6.45) is 0. The maximum Gasteiger partial charge on any atom is 0.274 e. The molecule has 1 aromatic carbocycles. The number of aromatic amines is 1. The van der Waals surface area contributed by atoms with Crippen LogP contribution in [0.25, 0.3) is 11.0 Å². The lowest BCUT2D eigenvalue weighted by atomic mass is 10.1. The maximum absolute atomic E-state index is 12.8. The molecule has 0 bridgehead atoms. The topological polar surface area (TPSA) is 118 Å². The normalized spacial score (nSPS) is 13.1. The molecule has 2 amide bonds. The van der Waals surface area contributed by atoms with Crippen molar-refractivity contribution in [2.24, 2.45) is 7.05 Å². The Balaban J connectivity index is 1.71. The Bertz CT molecular complexity index is 1130. The second-order valence-electron chi connectivity index (χ2n) is 6.01. The number of nitrogens with one attached hydrogen (secondary N) is 3. The lowest BCUT2D eigenvalue weighted by Crippen LogP contribution is -2.25. The number of amides is 2. The van der Waals surface area contributed by atoms with Gasteiger partial charge in [-0.05, 0) is 31.2 Å². The van der Waals surface area contributed by atoms with E-state index in [2.05, 4.69) is 20.7 Å². The maximum atomic E-state index is 12.8. The number of H-pyrrole nitrogens is 1. The van der Waals surface area contributed by atoms with Crippen molar-refractivity contribution in [3.8, 4) is 5.75 Å². The molecule has 2 aromatic heterocycles. The van der Waals surface area contributed by atoms with Crippen LogP contribution in [0.15, 0.2) is 29.1 Å². The Hall–Kier alpha value is -3.62. The molecule has 1 aliphatic rings. The molecule has 4 rings (SSSR count). The zero-order valence-electron chi connectivity index (χ0n) is 14.0. The second kappa shape index (κ2) is 5.73. The molecule has 0 aliphatic carbocycles. The summed E-state index contributed by atoms with van der Waals surface area (Å²) in [5.74, 6) is -0.173. The van der Waals surface area contributed by atoms with Gasteiger partial charge in [-0.2, -0.15) is 0 Å². The lowest BCUT2D eigenvalue weighted by molar-refractivity contribution is -0.118. The number of aryl methyl sites for hydroxylation is 2.